The van der Waals surface area contributed by atoms with Crippen molar-refractivity contribution in [2.24, 2.45) is 11.7 Å². The summed E-state index contributed by atoms with van der Waals surface area (Å²) in [5, 5.41) is 0. The van der Waals surface area contributed by atoms with Gasteiger partial charge in [0.25, 0.3) is 0 Å². The number of benzene rings is 1. The van der Waals surface area contributed by atoms with Gasteiger partial charge >= 0.3 is 0 Å². The van der Waals surface area contributed by atoms with Crippen molar-refractivity contribution in [3.8, 4) is 0 Å². The molecule has 0 aromatic heterocycles. The molecule has 14 heavy (non-hydrogen) atoms. The second kappa shape index (κ2) is 2.60. The first-order chi connectivity index (χ1) is 6.73. The predicted molar refractivity (Wildman–Crippen MR) is 58.2 cm³/mol. The van der Waals surface area contributed by atoms with Gasteiger partial charge in [0.2, 0.25) is 0 Å². The summed E-state index contributed by atoms with van der Waals surface area (Å²) in [6.07, 6.45) is 3.99. The molecule has 1 unspecified atom stereocenters. The van der Waals surface area contributed by atoms with Crippen LogP contribution in [0.3, 0.4) is 0 Å². The Morgan fingerprint density at radius 2 is 2.07 bits per heavy atom. The summed E-state index contributed by atoms with van der Waals surface area (Å²) in [5.74, 6) is 0.888. The minimum atomic E-state index is 0.381. The molecule has 0 bridgehead atoms. The number of nitrogens with two attached hydrogens (primary N) is 1. The van der Waals surface area contributed by atoms with Crippen molar-refractivity contribution in [1.29, 1.82) is 0 Å². The Hall–Kier alpha value is -0.820. The summed E-state index contributed by atoms with van der Waals surface area (Å²) in [6.45, 7) is 2.16. The van der Waals surface area contributed by atoms with Crippen LogP contribution in [-0.4, -0.2) is 6.04 Å². The number of aryl methyl sites for hydroxylation is 1. The Balaban J connectivity index is 2.01. The molecule has 2 aliphatic rings. The van der Waals surface area contributed by atoms with Crippen molar-refractivity contribution in [2.45, 2.75) is 37.6 Å². The van der Waals surface area contributed by atoms with Crippen molar-refractivity contribution < 1.29 is 0 Å². The van der Waals surface area contributed by atoms with Gasteiger partial charge in [0.05, 0.1) is 0 Å². The van der Waals surface area contributed by atoms with E-state index in [2.05, 4.69) is 31.2 Å². The molecule has 1 aromatic carbocycles. The monoisotopic (exact) mass is 187 g/mol. The zero-order valence-electron chi connectivity index (χ0n) is 8.66. The third-order valence-electron chi connectivity index (χ3n) is 3.92. The minimum Gasteiger partial charge on any atom is -0.327 e. The lowest BCUT2D eigenvalue weighted by Crippen LogP contribution is -2.20. The van der Waals surface area contributed by atoms with E-state index in [1.165, 1.54) is 30.4 Å². The normalized spacial score (nSPS) is 35.7. The van der Waals surface area contributed by atoms with Crippen molar-refractivity contribution in [1.82, 2.24) is 0 Å². The van der Waals surface area contributed by atoms with E-state index in [-0.39, 0.29) is 0 Å². The molecule has 74 valence electrons. The molecule has 1 nitrogen and oxygen atoms in total. The number of rotatable bonds is 2. The van der Waals surface area contributed by atoms with Gasteiger partial charge in [0, 0.05) is 11.5 Å². The standard InChI is InChI=1S/C13H17N/c1-9-3-2-4-11(7-9)13(8-12(13)14)10-5-6-10/h2-4,7,10,12H,5-6,8,14H2,1H3/t12-,13?/m1/s1. The van der Waals surface area contributed by atoms with Crippen LogP contribution in [0, 0.1) is 12.8 Å². The van der Waals surface area contributed by atoms with Gasteiger partial charge in [-0.25, -0.2) is 0 Å². The van der Waals surface area contributed by atoms with Gasteiger partial charge in [-0.1, -0.05) is 29.8 Å². The van der Waals surface area contributed by atoms with Crippen molar-refractivity contribution >= 4 is 0 Å². The van der Waals surface area contributed by atoms with Gasteiger partial charge < -0.3 is 5.73 Å². The smallest absolute Gasteiger partial charge is 0.0149 e. The second-order valence-corrected chi connectivity index (χ2v) is 4.99. The zero-order valence-corrected chi connectivity index (χ0v) is 8.66. The van der Waals surface area contributed by atoms with Crippen molar-refractivity contribution in [2.75, 3.05) is 0 Å². The van der Waals surface area contributed by atoms with E-state index in [4.69, 9.17) is 5.73 Å². The molecule has 2 N–H and O–H groups in total. The molecule has 0 radical (unpaired) electrons. The topological polar surface area (TPSA) is 26.0 Å². The van der Waals surface area contributed by atoms with E-state index >= 15 is 0 Å². The second-order valence-electron chi connectivity index (χ2n) is 4.99. The van der Waals surface area contributed by atoms with Gasteiger partial charge in [-0.3, -0.25) is 0 Å². The van der Waals surface area contributed by atoms with Crippen LogP contribution in [-0.2, 0) is 5.41 Å². The van der Waals surface area contributed by atoms with Crippen LogP contribution in [0.2, 0.25) is 0 Å². The highest BCUT2D eigenvalue weighted by Crippen LogP contribution is 2.61. The molecule has 0 aliphatic heterocycles. The summed E-state index contributed by atoms with van der Waals surface area (Å²) in [6, 6.07) is 9.35. The summed E-state index contributed by atoms with van der Waals surface area (Å²) in [7, 11) is 0. The predicted octanol–water partition coefficient (Wildman–Crippen LogP) is 2.37. The quantitative estimate of drug-likeness (QED) is 0.755. The van der Waals surface area contributed by atoms with Gasteiger partial charge in [-0.2, -0.15) is 0 Å². The van der Waals surface area contributed by atoms with Crippen LogP contribution >= 0.6 is 0 Å². The molecular formula is C13H17N. The summed E-state index contributed by atoms with van der Waals surface area (Å²) < 4.78 is 0. The van der Waals surface area contributed by atoms with Crippen molar-refractivity contribution in [3.63, 3.8) is 0 Å². The van der Waals surface area contributed by atoms with Crippen LogP contribution in [0.4, 0.5) is 0 Å². The lowest BCUT2D eigenvalue weighted by atomic mass is 9.89. The van der Waals surface area contributed by atoms with E-state index in [1.807, 2.05) is 0 Å². The Morgan fingerprint density at radius 3 is 2.57 bits per heavy atom. The molecule has 3 rings (SSSR count). The number of hydrogen-bond donors (Lipinski definition) is 1. The van der Waals surface area contributed by atoms with Crippen molar-refractivity contribution in [3.05, 3.63) is 35.4 Å². The fraction of sp³-hybridized carbons (Fsp3) is 0.538. The van der Waals surface area contributed by atoms with E-state index < -0.39 is 0 Å². The molecule has 1 heteroatoms. The summed E-state index contributed by atoms with van der Waals surface area (Å²) >= 11 is 0. The molecule has 0 saturated heterocycles. The van der Waals surface area contributed by atoms with Crippen LogP contribution in [0.25, 0.3) is 0 Å². The SMILES string of the molecule is Cc1cccc(C2(C3CC3)C[C@H]2N)c1. The molecule has 2 aliphatic carbocycles. The zero-order chi connectivity index (χ0) is 9.76. The summed E-state index contributed by atoms with van der Waals surface area (Å²) in [5.41, 5.74) is 9.36. The van der Waals surface area contributed by atoms with Gasteiger partial charge in [0.15, 0.2) is 0 Å². The van der Waals surface area contributed by atoms with Crippen LogP contribution in [0.15, 0.2) is 24.3 Å². The minimum absolute atomic E-state index is 0.381. The average molecular weight is 187 g/mol. The van der Waals surface area contributed by atoms with E-state index in [0.717, 1.165) is 5.92 Å². The molecule has 0 heterocycles. The molecule has 0 spiro atoms. The maximum Gasteiger partial charge on any atom is 0.0149 e. The highest BCUT2D eigenvalue weighted by Gasteiger charge is 2.61. The van der Waals surface area contributed by atoms with E-state index in [1.54, 1.807) is 0 Å². The largest absolute Gasteiger partial charge is 0.327 e. The third kappa shape index (κ3) is 1.05. The van der Waals surface area contributed by atoms with Crippen LogP contribution < -0.4 is 5.73 Å². The number of hydrogen-bond acceptors (Lipinski definition) is 1. The first kappa shape index (κ1) is 8.49. The fourth-order valence-electron chi connectivity index (χ4n) is 2.88. The third-order valence-corrected chi connectivity index (χ3v) is 3.92. The van der Waals surface area contributed by atoms with E-state index in [0.29, 0.717) is 11.5 Å². The maximum absolute atomic E-state index is 6.12. The van der Waals surface area contributed by atoms with E-state index in [9.17, 15) is 0 Å². The molecule has 1 aromatic rings. The van der Waals surface area contributed by atoms with Gasteiger partial charge in [-0.05, 0) is 37.7 Å². The Morgan fingerprint density at radius 1 is 1.36 bits per heavy atom. The molecule has 2 saturated carbocycles. The first-order valence-electron chi connectivity index (χ1n) is 5.56. The molecule has 2 atom stereocenters. The Labute approximate surface area is 85.3 Å². The summed E-state index contributed by atoms with van der Waals surface area (Å²) in [4.78, 5) is 0. The lowest BCUT2D eigenvalue weighted by Gasteiger charge is -2.16. The Bertz CT molecular complexity index is 367. The molecular weight excluding hydrogens is 170 g/mol. The first-order valence-corrected chi connectivity index (χ1v) is 5.56. The molecule has 0 amide bonds. The Kier molecular flexibility index (Phi) is 1.58. The van der Waals surface area contributed by atoms with Gasteiger partial charge in [-0.15, -0.1) is 0 Å². The van der Waals surface area contributed by atoms with Gasteiger partial charge in [0.1, 0.15) is 0 Å². The lowest BCUT2D eigenvalue weighted by molar-refractivity contribution is 0.573. The van der Waals surface area contributed by atoms with Crippen LogP contribution in [0.1, 0.15) is 30.4 Å². The maximum atomic E-state index is 6.12. The highest BCUT2D eigenvalue weighted by molar-refractivity contribution is 5.40. The highest BCUT2D eigenvalue weighted by atomic mass is 14.8. The van der Waals surface area contributed by atoms with Crippen LogP contribution in [0.5, 0.6) is 0 Å². The fourth-order valence-corrected chi connectivity index (χ4v) is 2.88. The average Bonchev–Trinajstić information content (AvgIpc) is 2.98. The molecule has 2 fully saturated rings.